The lowest BCUT2D eigenvalue weighted by atomic mass is 10.1. The summed E-state index contributed by atoms with van der Waals surface area (Å²) in [7, 11) is 0. The molecular formula is C10H10FNO3. The maximum absolute atomic E-state index is 13.1. The SMILES string of the molecule is O=[N+]([O-])c1c(F)cccc1C=CCCO. The number of nitrogens with zero attached hydrogens (tertiary/aromatic N) is 1. The van der Waals surface area contributed by atoms with Crippen molar-refractivity contribution in [3.8, 4) is 0 Å². The van der Waals surface area contributed by atoms with Crippen LogP contribution in [0.4, 0.5) is 10.1 Å². The molecule has 0 atom stereocenters. The topological polar surface area (TPSA) is 63.4 Å². The first kappa shape index (κ1) is 11.3. The van der Waals surface area contributed by atoms with E-state index in [-0.39, 0.29) is 12.2 Å². The number of rotatable bonds is 4. The Morgan fingerprint density at radius 1 is 1.53 bits per heavy atom. The van der Waals surface area contributed by atoms with Gasteiger partial charge in [-0.15, -0.1) is 0 Å². The number of benzene rings is 1. The van der Waals surface area contributed by atoms with Crippen LogP contribution in [-0.2, 0) is 0 Å². The lowest BCUT2D eigenvalue weighted by Crippen LogP contribution is -1.95. The molecule has 1 rings (SSSR count). The molecule has 1 aromatic rings. The zero-order chi connectivity index (χ0) is 11.3. The molecule has 0 bridgehead atoms. The lowest BCUT2D eigenvalue weighted by molar-refractivity contribution is -0.387. The molecule has 1 N–H and O–H groups in total. The first-order valence-electron chi connectivity index (χ1n) is 4.37. The molecule has 0 unspecified atom stereocenters. The van der Waals surface area contributed by atoms with E-state index in [1.165, 1.54) is 18.2 Å². The van der Waals surface area contributed by atoms with E-state index >= 15 is 0 Å². The van der Waals surface area contributed by atoms with Crippen LogP contribution in [0.15, 0.2) is 24.3 Å². The summed E-state index contributed by atoms with van der Waals surface area (Å²) in [6.45, 7) is -0.0421. The molecule has 0 saturated heterocycles. The zero-order valence-electron chi connectivity index (χ0n) is 7.89. The standard InChI is InChI=1S/C10H10FNO3/c11-9-6-3-5-8(4-1-2-7-13)10(9)12(14)15/h1,3-6,13H,2,7H2. The van der Waals surface area contributed by atoms with Crippen molar-refractivity contribution >= 4 is 11.8 Å². The van der Waals surface area contributed by atoms with Crippen LogP contribution in [0.3, 0.4) is 0 Å². The molecule has 0 heterocycles. The van der Waals surface area contributed by atoms with Gasteiger partial charge in [-0.3, -0.25) is 10.1 Å². The smallest absolute Gasteiger partial charge is 0.311 e. The molecular weight excluding hydrogens is 201 g/mol. The average Bonchev–Trinajstić information content (AvgIpc) is 2.17. The molecule has 0 saturated carbocycles. The van der Waals surface area contributed by atoms with Crippen LogP contribution in [0.25, 0.3) is 6.08 Å². The largest absolute Gasteiger partial charge is 0.396 e. The van der Waals surface area contributed by atoms with E-state index in [0.717, 1.165) is 6.07 Å². The van der Waals surface area contributed by atoms with Gasteiger partial charge in [-0.1, -0.05) is 18.2 Å². The quantitative estimate of drug-likeness (QED) is 0.612. The van der Waals surface area contributed by atoms with E-state index < -0.39 is 16.4 Å². The summed E-state index contributed by atoms with van der Waals surface area (Å²) in [5.41, 5.74) is -0.333. The monoisotopic (exact) mass is 211 g/mol. The Kier molecular flexibility index (Phi) is 3.93. The number of aliphatic hydroxyl groups is 1. The lowest BCUT2D eigenvalue weighted by Gasteiger charge is -1.97. The van der Waals surface area contributed by atoms with E-state index in [1.54, 1.807) is 6.08 Å². The third-order valence-electron chi connectivity index (χ3n) is 1.79. The molecule has 0 spiro atoms. The highest BCUT2D eigenvalue weighted by molar-refractivity contribution is 5.61. The van der Waals surface area contributed by atoms with E-state index in [1.807, 2.05) is 0 Å². The predicted octanol–water partition coefficient (Wildman–Crippen LogP) is 2.13. The second kappa shape index (κ2) is 5.21. The number of nitro groups is 1. The van der Waals surface area contributed by atoms with Gasteiger partial charge in [-0.05, 0) is 18.6 Å². The average molecular weight is 211 g/mol. The molecule has 0 radical (unpaired) electrons. The van der Waals surface area contributed by atoms with Crippen LogP contribution in [0.1, 0.15) is 12.0 Å². The molecule has 0 aliphatic rings. The number of hydrogen-bond donors (Lipinski definition) is 1. The summed E-state index contributed by atoms with van der Waals surface area (Å²) < 4.78 is 13.1. The minimum absolute atomic E-state index is 0.0421. The van der Waals surface area contributed by atoms with Crippen molar-refractivity contribution in [2.45, 2.75) is 6.42 Å². The third-order valence-corrected chi connectivity index (χ3v) is 1.79. The Morgan fingerprint density at radius 2 is 2.27 bits per heavy atom. The van der Waals surface area contributed by atoms with Gasteiger partial charge in [-0.25, -0.2) is 0 Å². The highest BCUT2D eigenvalue weighted by atomic mass is 19.1. The van der Waals surface area contributed by atoms with Gasteiger partial charge in [0.15, 0.2) is 0 Å². The molecule has 0 aliphatic carbocycles. The van der Waals surface area contributed by atoms with Crippen LogP contribution >= 0.6 is 0 Å². The van der Waals surface area contributed by atoms with Crippen LogP contribution in [-0.4, -0.2) is 16.6 Å². The van der Waals surface area contributed by atoms with Gasteiger partial charge in [-0.2, -0.15) is 4.39 Å². The summed E-state index contributed by atoms with van der Waals surface area (Å²) in [4.78, 5) is 9.80. The zero-order valence-corrected chi connectivity index (χ0v) is 7.89. The highest BCUT2D eigenvalue weighted by Gasteiger charge is 2.17. The van der Waals surface area contributed by atoms with Crippen LogP contribution in [0, 0.1) is 15.9 Å². The van der Waals surface area contributed by atoms with Gasteiger partial charge in [0.1, 0.15) is 0 Å². The molecule has 0 amide bonds. The number of hydrogen-bond acceptors (Lipinski definition) is 3. The summed E-state index contributed by atoms with van der Waals surface area (Å²) in [5, 5.41) is 19.1. The van der Waals surface area contributed by atoms with Gasteiger partial charge in [0.2, 0.25) is 5.82 Å². The second-order valence-corrected chi connectivity index (χ2v) is 2.85. The van der Waals surface area contributed by atoms with Gasteiger partial charge < -0.3 is 5.11 Å². The molecule has 1 aromatic carbocycles. The number of aliphatic hydroxyl groups excluding tert-OH is 1. The predicted molar refractivity (Wildman–Crippen MR) is 53.8 cm³/mol. The fourth-order valence-corrected chi connectivity index (χ4v) is 1.14. The summed E-state index contributed by atoms with van der Waals surface area (Å²) in [6.07, 6.45) is 3.37. The van der Waals surface area contributed by atoms with Crippen molar-refractivity contribution in [3.63, 3.8) is 0 Å². The first-order chi connectivity index (χ1) is 7.16. The number of halogens is 1. The van der Waals surface area contributed by atoms with Gasteiger partial charge in [0, 0.05) is 6.61 Å². The van der Waals surface area contributed by atoms with Crippen molar-refractivity contribution in [2.75, 3.05) is 6.61 Å². The van der Waals surface area contributed by atoms with Crippen LogP contribution < -0.4 is 0 Å². The molecule has 80 valence electrons. The molecule has 15 heavy (non-hydrogen) atoms. The Balaban J connectivity index is 3.06. The van der Waals surface area contributed by atoms with Gasteiger partial charge in [0.25, 0.3) is 0 Å². The Bertz CT molecular complexity index is 390. The Morgan fingerprint density at radius 3 is 2.87 bits per heavy atom. The summed E-state index contributed by atoms with van der Waals surface area (Å²) >= 11 is 0. The van der Waals surface area contributed by atoms with E-state index in [2.05, 4.69) is 0 Å². The normalized spacial score (nSPS) is 10.8. The van der Waals surface area contributed by atoms with Crippen molar-refractivity contribution in [2.24, 2.45) is 0 Å². The molecule has 5 heteroatoms. The maximum atomic E-state index is 13.1. The first-order valence-corrected chi connectivity index (χ1v) is 4.37. The molecule has 0 fully saturated rings. The third kappa shape index (κ3) is 2.85. The Hall–Kier alpha value is -1.75. The van der Waals surface area contributed by atoms with E-state index in [4.69, 9.17) is 5.11 Å². The fourth-order valence-electron chi connectivity index (χ4n) is 1.14. The maximum Gasteiger partial charge on any atom is 0.311 e. The molecule has 4 nitrogen and oxygen atoms in total. The van der Waals surface area contributed by atoms with E-state index in [9.17, 15) is 14.5 Å². The van der Waals surface area contributed by atoms with Crippen molar-refractivity contribution < 1.29 is 14.4 Å². The summed E-state index contributed by atoms with van der Waals surface area (Å²) in [6, 6.07) is 3.90. The van der Waals surface area contributed by atoms with E-state index in [0.29, 0.717) is 6.42 Å². The molecule has 0 aliphatic heterocycles. The second-order valence-electron chi connectivity index (χ2n) is 2.85. The molecule has 0 aromatic heterocycles. The number of para-hydroxylation sites is 1. The Labute approximate surface area is 85.8 Å². The fraction of sp³-hybridized carbons (Fsp3) is 0.200. The van der Waals surface area contributed by atoms with Crippen molar-refractivity contribution in [3.05, 3.63) is 45.8 Å². The minimum Gasteiger partial charge on any atom is -0.396 e. The van der Waals surface area contributed by atoms with Gasteiger partial charge in [0.05, 0.1) is 10.5 Å². The van der Waals surface area contributed by atoms with Crippen molar-refractivity contribution in [1.82, 2.24) is 0 Å². The van der Waals surface area contributed by atoms with Crippen LogP contribution in [0.5, 0.6) is 0 Å². The van der Waals surface area contributed by atoms with Gasteiger partial charge >= 0.3 is 5.69 Å². The minimum atomic E-state index is -0.855. The highest BCUT2D eigenvalue weighted by Crippen LogP contribution is 2.23. The number of nitro benzene ring substituents is 1. The summed E-state index contributed by atoms with van der Waals surface area (Å²) in [5.74, 6) is -0.855. The van der Waals surface area contributed by atoms with Crippen molar-refractivity contribution in [1.29, 1.82) is 0 Å². The van der Waals surface area contributed by atoms with Crippen LogP contribution in [0.2, 0.25) is 0 Å².